The Balaban J connectivity index is 2.00. The van der Waals surface area contributed by atoms with E-state index in [1.807, 2.05) is 19.3 Å². The zero-order valence-electron chi connectivity index (χ0n) is 8.69. The van der Waals surface area contributed by atoms with Crippen molar-refractivity contribution in [2.24, 2.45) is 4.99 Å². The second-order valence-corrected chi connectivity index (χ2v) is 4.11. The molecular weight excluding hydrogens is 190 g/mol. The predicted molar refractivity (Wildman–Crippen MR) is 57.9 cm³/mol. The Bertz CT molecular complexity index is 422. The quantitative estimate of drug-likeness (QED) is 0.689. The van der Waals surface area contributed by atoms with Crippen LogP contribution in [0.4, 0.5) is 0 Å². The molecule has 1 aliphatic carbocycles. The molecule has 3 heteroatoms. The van der Waals surface area contributed by atoms with Gasteiger partial charge in [-0.3, -0.25) is 4.99 Å². The molecule has 1 aromatic carbocycles. The fraction of sp³-hybridized carbons (Fsp3) is 0.417. The fourth-order valence-electron chi connectivity index (χ4n) is 2.08. The van der Waals surface area contributed by atoms with Crippen molar-refractivity contribution >= 4 is 6.21 Å². The highest BCUT2D eigenvalue weighted by molar-refractivity contribution is 5.78. The van der Waals surface area contributed by atoms with E-state index in [0.717, 1.165) is 11.5 Å². The normalized spacial score (nSPS) is 20.9. The topological polar surface area (TPSA) is 30.8 Å². The summed E-state index contributed by atoms with van der Waals surface area (Å²) in [6, 6.07) is 6.18. The van der Waals surface area contributed by atoms with Crippen molar-refractivity contribution in [3.8, 4) is 11.5 Å². The standard InChI is InChI=1S/C12H13NO2/c1-13-7-12(4-5-12)9-2-3-10-11(6-9)15-8-14-10/h2-3,6-7H,4-5,8H2,1H3. The van der Waals surface area contributed by atoms with Crippen LogP contribution in [0.3, 0.4) is 0 Å². The van der Waals surface area contributed by atoms with Crippen LogP contribution in [0.1, 0.15) is 18.4 Å². The Hall–Kier alpha value is -1.51. The first-order valence-corrected chi connectivity index (χ1v) is 5.17. The molecule has 0 unspecified atom stereocenters. The van der Waals surface area contributed by atoms with Gasteiger partial charge in [0.25, 0.3) is 0 Å². The van der Waals surface area contributed by atoms with Crippen molar-refractivity contribution in [2.45, 2.75) is 18.3 Å². The van der Waals surface area contributed by atoms with E-state index in [9.17, 15) is 0 Å². The lowest BCUT2D eigenvalue weighted by molar-refractivity contribution is 0.174. The average molecular weight is 203 g/mol. The van der Waals surface area contributed by atoms with Gasteiger partial charge in [-0.2, -0.15) is 0 Å². The van der Waals surface area contributed by atoms with Gasteiger partial charge in [-0.05, 0) is 30.5 Å². The zero-order chi connectivity index (χ0) is 10.3. The van der Waals surface area contributed by atoms with Crippen molar-refractivity contribution in [1.29, 1.82) is 0 Å². The number of ether oxygens (including phenoxy) is 2. The molecule has 3 rings (SSSR count). The summed E-state index contributed by atoms with van der Waals surface area (Å²) >= 11 is 0. The number of nitrogens with zero attached hydrogens (tertiary/aromatic N) is 1. The third kappa shape index (κ3) is 1.30. The van der Waals surface area contributed by atoms with Crippen LogP contribution in [0, 0.1) is 0 Å². The molecule has 0 aromatic heterocycles. The fourth-order valence-corrected chi connectivity index (χ4v) is 2.08. The highest BCUT2D eigenvalue weighted by Gasteiger charge is 2.43. The van der Waals surface area contributed by atoms with Gasteiger partial charge in [0.15, 0.2) is 11.5 Å². The van der Waals surface area contributed by atoms with Gasteiger partial charge in [-0.1, -0.05) is 6.07 Å². The predicted octanol–water partition coefficient (Wildman–Crippen LogP) is 2.15. The Kier molecular flexibility index (Phi) is 1.75. The average Bonchev–Trinajstić information content (AvgIpc) is 2.89. The van der Waals surface area contributed by atoms with E-state index in [1.165, 1.54) is 18.4 Å². The lowest BCUT2D eigenvalue weighted by atomic mass is 9.97. The van der Waals surface area contributed by atoms with Crippen LogP contribution >= 0.6 is 0 Å². The molecule has 1 aromatic rings. The van der Waals surface area contributed by atoms with Crippen LogP contribution in [-0.2, 0) is 5.41 Å². The maximum atomic E-state index is 5.37. The van der Waals surface area contributed by atoms with Gasteiger partial charge in [0, 0.05) is 18.7 Å². The van der Waals surface area contributed by atoms with E-state index < -0.39 is 0 Å². The SMILES string of the molecule is CN=CC1(c2ccc3c(c2)OCO3)CC1. The zero-order valence-corrected chi connectivity index (χ0v) is 8.69. The van der Waals surface area contributed by atoms with E-state index >= 15 is 0 Å². The summed E-state index contributed by atoms with van der Waals surface area (Å²) in [5.74, 6) is 1.71. The lowest BCUT2D eigenvalue weighted by Crippen LogP contribution is -2.07. The van der Waals surface area contributed by atoms with Crippen LogP contribution in [-0.4, -0.2) is 20.1 Å². The number of hydrogen-bond donors (Lipinski definition) is 0. The highest BCUT2D eigenvalue weighted by atomic mass is 16.7. The Morgan fingerprint density at radius 1 is 1.27 bits per heavy atom. The number of hydrogen-bond acceptors (Lipinski definition) is 3. The molecule has 0 spiro atoms. The molecule has 1 heterocycles. The molecule has 15 heavy (non-hydrogen) atoms. The third-order valence-electron chi connectivity index (χ3n) is 3.11. The molecule has 2 aliphatic rings. The first kappa shape index (κ1) is 8.77. The number of rotatable bonds is 2. The largest absolute Gasteiger partial charge is 0.454 e. The third-order valence-corrected chi connectivity index (χ3v) is 3.11. The van der Waals surface area contributed by atoms with Crippen LogP contribution in [0.15, 0.2) is 23.2 Å². The molecule has 0 atom stereocenters. The van der Waals surface area contributed by atoms with Crippen LogP contribution in [0.2, 0.25) is 0 Å². The Labute approximate surface area is 88.7 Å². The van der Waals surface area contributed by atoms with E-state index in [1.54, 1.807) is 0 Å². The monoisotopic (exact) mass is 203 g/mol. The second kappa shape index (κ2) is 2.99. The molecular formula is C12H13NO2. The van der Waals surface area contributed by atoms with Crippen molar-refractivity contribution < 1.29 is 9.47 Å². The summed E-state index contributed by atoms with van der Waals surface area (Å²) in [5.41, 5.74) is 1.47. The first-order chi connectivity index (χ1) is 7.34. The van der Waals surface area contributed by atoms with Crippen LogP contribution in [0.5, 0.6) is 11.5 Å². The van der Waals surface area contributed by atoms with Crippen LogP contribution < -0.4 is 9.47 Å². The summed E-state index contributed by atoms with van der Waals surface area (Å²) in [6.07, 6.45) is 4.42. The Morgan fingerprint density at radius 3 is 2.80 bits per heavy atom. The Morgan fingerprint density at radius 2 is 2.07 bits per heavy atom. The lowest BCUT2D eigenvalue weighted by Gasteiger charge is -2.09. The second-order valence-electron chi connectivity index (χ2n) is 4.11. The summed E-state index contributed by atoms with van der Waals surface area (Å²) in [6.45, 7) is 0.341. The number of fused-ring (bicyclic) bond motifs is 1. The summed E-state index contributed by atoms with van der Waals surface area (Å²) in [7, 11) is 1.83. The van der Waals surface area contributed by atoms with Crippen molar-refractivity contribution in [3.63, 3.8) is 0 Å². The van der Waals surface area contributed by atoms with Crippen molar-refractivity contribution in [2.75, 3.05) is 13.8 Å². The van der Waals surface area contributed by atoms with E-state index in [2.05, 4.69) is 17.1 Å². The molecule has 0 radical (unpaired) electrons. The molecule has 1 fully saturated rings. The molecule has 78 valence electrons. The van der Waals surface area contributed by atoms with Gasteiger partial charge in [-0.25, -0.2) is 0 Å². The van der Waals surface area contributed by atoms with E-state index in [0.29, 0.717) is 6.79 Å². The van der Waals surface area contributed by atoms with Gasteiger partial charge in [0.2, 0.25) is 6.79 Å². The summed E-state index contributed by atoms with van der Waals surface area (Å²) in [5, 5.41) is 0. The number of benzene rings is 1. The first-order valence-electron chi connectivity index (χ1n) is 5.17. The van der Waals surface area contributed by atoms with Gasteiger partial charge < -0.3 is 9.47 Å². The minimum absolute atomic E-state index is 0.176. The highest BCUT2D eigenvalue weighted by Crippen LogP contribution is 2.48. The molecule has 3 nitrogen and oxygen atoms in total. The van der Waals surface area contributed by atoms with E-state index in [-0.39, 0.29) is 5.41 Å². The van der Waals surface area contributed by atoms with E-state index in [4.69, 9.17) is 9.47 Å². The minimum atomic E-state index is 0.176. The maximum absolute atomic E-state index is 5.37. The molecule has 1 saturated carbocycles. The summed E-state index contributed by atoms with van der Waals surface area (Å²) in [4.78, 5) is 4.14. The smallest absolute Gasteiger partial charge is 0.231 e. The van der Waals surface area contributed by atoms with Gasteiger partial charge in [0.05, 0.1) is 0 Å². The number of aliphatic imine (C=N–C) groups is 1. The van der Waals surface area contributed by atoms with Gasteiger partial charge in [-0.15, -0.1) is 0 Å². The van der Waals surface area contributed by atoms with Crippen molar-refractivity contribution in [3.05, 3.63) is 23.8 Å². The molecule has 0 amide bonds. The maximum Gasteiger partial charge on any atom is 0.231 e. The minimum Gasteiger partial charge on any atom is -0.454 e. The van der Waals surface area contributed by atoms with Crippen molar-refractivity contribution in [1.82, 2.24) is 0 Å². The molecule has 0 saturated heterocycles. The molecule has 0 N–H and O–H groups in total. The van der Waals surface area contributed by atoms with Gasteiger partial charge in [0.1, 0.15) is 0 Å². The summed E-state index contributed by atoms with van der Waals surface area (Å²) < 4.78 is 10.7. The van der Waals surface area contributed by atoms with Crippen LogP contribution in [0.25, 0.3) is 0 Å². The van der Waals surface area contributed by atoms with Gasteiger partial charge >= 0.3 is 0 Å². The molecule has 0 bridgehead atoms. The molecule has 1 aliphatic heterocycles.